The van der Waals surface area contributed by atoms with E-state index >= 15 is 0 Å². The van der Waals surface area contributed by atoms with Crippen LogP contribution >= 0.6 is 0 Å². The monoisotopic (exact) mass is 289 g/mol. The molecule has 0 bridgehead atoms. The molecule has 1 fully saturated rings. The van der Waals surface area contributed by atoms with Crippen molar-refractivity contribution in [2.24, 2.45) is 0 Å². The molecule has 116 valence electrons. The predicted octanol–water partition coefficient (Wildman–Crippen LogP) is 2.24. The van der Waals surface area contributed by atoms with E-state index in [1.54, 1.807) is 0 Å². The summed E-state index contributed by atoms with van der Waals surface area (Å²) in [5.74, 6) is 0.0717. The third-order valence-electron chi connectivity index (χ3n) is 4.08. The number of carbonyl (C=O) groups excluding carboxylic acids is 1. The van der Waals surface area contributed by atoms with E-state index in [0.29, 0.717) is 19.0 Å². The Kier molecular flexibility index (Phi) is 6.54. The Hall–Kier alpha value is -1.55. The minimum absolute atomic E-state index is 0.0717. The van der Waals surface area contributed by atoms with Crippen molar-refractivity contribution in [2.45, 2.75) is 51.0 Å². The van der Waals surface area contributed by atoms with E-state index in [1.807, 2.05) is 24.3 Å². The molecule has 1 aromatic carbocycles. The van der Waals surface area contributed by atoms with Gasteiger partial charge in [-0.15, -0.1) is 0 Å². The molecule has 0 unspecified atom stereocenters. The summed E-state index contributed by atoms with van der Waals surface area (Å²) in [6.45, 7) is 1.56. The highest BCUT2D eigenvalue weighted by atomic mass is 16.1. The Labute approximate surface area is 127 Å². The summed E-state index contributed by atoms with van der Waals surface area (Å²) in [5.41, 5.74) is 7.36. The lowest BCUT2D eigenvalue weighted by Crippen LogP contribution is -2.37. The van der Waals surface area contributed by atoms with Crippen LogP contribution in [0.15, 0.2) is 24.3 Å². The molecule has 0 saturated heterocycles. The minimum Gasteiger partial charge on any atom is -0.399 e. The molecule has 0 aliphatic heterocycles. The first kappa shape index (κ1) is 15.8. The van der Waals surface area contributed by atoms with E-state index in [1.165, 1.54) is 38.5 Å². The maximum atomic E-state index is 11.8. The number of nitrogen functional groups attached to an aromatic ring is 1. The second-order valence-corrected chi connectivity index (χ2v) is 5.91. The van der Waals surface area contributed by atoms with Gasteiger partial charge < -0.3 is 16.4 Å². The van der Waals surface area contributed by atoms with Crippen LogP contribution in [0.2, 0.25) is 0 Å². The molecular weight excluding hydrogens is 262 g/mol. The molecule has 21 heavy (non-hydrogen) atoms. The molecule has 1 saturated carbocycles. The molecule has 0 radical (unpaired) electrons. The molecule has 0 spiro atoms. The number of hydrogen-bond acceptors (Lipinski definition) is 3. The Bertz CT molecular complexity index is 422. The summed E-state index contributed by atoms with van der Waals surface area (Å²) in [6.07, 6.45) is 8.39. The lowest BCUT2D eigenvalue weighted by atomic mass is 10.1. The van der Waals surface area contributed by atoms with E-state index in [9.17, 15) is 4.79 Å². The highest BCUT2D eigenvalue weighted by molar-refractivity contribution is 5.78. The Morgan fingerprint density at radius 1 is 1.05 bits per heavy atom. The normalized spacial score (nSPS) is 16.4. The Morgan fingerprint density at radius 2 is 1.71 bits per heavy atom. The fraction of sp³-hybridized carbons (Fsp3) is 0.588. The zero-order valence-electron chi connectivity index (χ0n) is 12.7. The van der Waals surface area contributed by atoms with Gasteiger partial charge in [0, 0.05) is 24.8 Å². The number of anilines is 1. The molecule has 1 aromatic rings. The van der Waals surface area contributed by atoms with Crippen LogP contribution in [0.4, 0.5) is 5.69 Å². The molecule has 4 heteroatoms. The van der Waals surface area contributed by atoms with Crippen molar-refractivity contribution in [1.29, 1.82) is 0 Å². The SMILES string of the molecule is Nc1ccc(CC(=O)NCCNC2CCCCCC2)cc1. The maximum absolute atomic E-state index is 11.8. The quantitative estimate of drug-likeness (QED) is 0.427. The van der Waals surface area contributed by atoms with Gasteiger partial charge in [0.15, 0.2) is 0 Å². The van der Waals surface area contributed by atoms with Crippen LogP contribution in [-0.4, -0.2) is 25.0 Å². The number of hydrogen-bond donors (Lipinski definition) is 3. The first-order valence-electron chi connectivity index (χ1n) is 8.08. The first-order valence-corrected chi connectivity index (χ1v) is 8.08. The van der Waals surface area contributed by atoms with Crippen LogP contribution in [-0.2, 0) is 11.2 Å². The Morgan fingerprint density at radius 3 is 2.38 bits per heavy atom. The topological polar surface area (TPSA) is 67.2 Å². The average molecular weight is 289 g/mol. The predicted molar refractivity (Wildman–Crippen MR) is 87.1 cm³/mol. The van der Waals surface area contributed by atoms with Gasteiger partial charge in [0.2, 0.25) is 5.91 Å². The largest absolute Gasteiger partial charge is 0.399 e. The van der Waals surface area contributed by atoms with Gasteiger partial charge in [-0.1, -0.05) is 37.8 Å². The third kappa shape index (κ3) is 6.17. The summed E-state index contributed by atoms with van der Waals surface area (Å²) < 4.78 is 0. The van der Waals surface area contributed by atoms with Crippen molar-refractivity contribution in [2.75, 3.05) is 18.8 Å². The smallest absolute Gasteiger partial charge is 0.224 e. The van der Waals surface area contributed by atoms with E-state index in [4.69, 9.17) is 5.73 Å². The first-order chi connectivity index (χ1) is 10.2. The van der Waals surface area contributed by atoms with Gasteiger partial charge in [0.1, 0.15) is 0 Å². The number of rotatable bonds is 6. The molecule has 4 N–H and O–H groups in total. The van der Waals surface area contributed by atoms with Crippen molar-refractivity contribution < 1.29 is 4.79 Å². The summed E-state index contributed by atoms with van der Waals surface area (Å²) in [4.78, 5) is 11.8. The molecule has 1 aliphatic rings. The third-order valence-corrected chi connectivity index (χ3v) is 4.08. The van der Waals surface area contributed by atoms with E-state index < -0.39 is 0 Å². The molecule has 1 aliphatic carbocycles. The number of nitrogens with one attached hydrogen (secondary N) is 2. The molecule has 4 nitrogen and oxygen atoms in total. The van der Waals surface area contributed by atoms with Crippen molar-refractivity contribution in [3.8, 4) is 0 Å². The van der Waals surface area contributed by atoms with Crippen LogP contribution in [0.3, 0.4) is 0 Å². The van der Waals surface area contributed by atoms with Gasteiger partial charge >= 0.3 is 0 Å². The number of nitrogens with two attached hydrogens (primary N) is 1. The van der Waals surface area contributed by atoms with Gasteiger partial charge in [0.05, 0.1) is 6.42 Å². The lowest BCUT2D eigenvalue weighted by Gasteiger charge is -2.16. The summed E-state index contributed by atoms with van der Waals surface area (Å²) in [5, 5.41) is 6.53. The lowest BCUT2D eigenvalue weighted by molar-refractivity contribution is -0.120. The van der Waals surface area contributed by atoms with Crippen molar-refractivity contribution in [3.05, 3.63) is 29.8 Å². The van der Waals surface area contributed by atoms with Crippen molar-refractivity contribution >= 4 is 11.6 Å². The molecule has 1 amide bonds. The number of amides is 1. The van der Waals surface area contributed by atoms with Gasteiger partial charge in [-0.3, -0.25) is 4.79 Å². The van der Waals surface area contributed by atoms with Crippen LogP contribution in [0.5, 0.6) is 0 Å². The van der Waals surface area contributed by atoms with Crippen LogP contribution in [0.25, 0.3) is 0 Å². The second kappa shape index (κ2) is 8.67. The van der Waals surface area contributed by atoms with E-state index in [-0.39, 0.29) is 5.91 Å². The molecule has 0 aromatic heterocycles. The van der Waals surface area contributed by atoms with Crippen LogP contribution in [0.1, 0.15) is 44.1 Å². The summed E-state index contributed by atoms with van der Waals surface area (Å²) in [6, 6.07) is 8.10. The summed E-state index contributed by atoms with van der Waals surface area (Å²) >= 11 is 0. The van der Waals surface area contributed by atoms with Crippen molar-refractivity contribution in [3.63, 3.8) is 0 Å². The molecular formula is C17H27N3O. The maximum Gasteiger partial charge on any atom is 0.224 e. The number of benzene rings is 1. The highest BCUT2D eigenvalue weighted by Crippen LogP contribution is 2.16. The molecule has 2 rings (SSSR count). The fourth-order valence-corrected chi connectivity index (χ4v) is 2.85. The Balaban J connectivity index is 1.59. The van der Waals surface area contributed by atoms with Crippen LogP contribution < -0.4 is 16.4 Å². The fourth-order valence-electron chi connectivity index (χ4n) is 2.85. The van der Waals surface area contributed by atoms with E-state index in [2.05, 4.69) is 10.6 Å². The highest BCUT2D eigenvalue weighted by Gasteiger charge is 2.11. The van der Waals surface area contributed by atoms with E-state index in [0.717, 1.165) is 17.8 Å². The minimum atomic E-state index is 0.0717. The molecule has 0 atom stereocenters. The average Bonchev–Trinajstić information content (AvgIpc) is 2.75. The van der Waals surface area contributed by atoms with Crippen LogP contribution in [0, 0.1) is 0 Å². The second-order valence-electron chi connectivity index (χ2n) is 5.91. The molecule has 0 heterocycles. The van der Waals surface area contributed by atoms with Gasteiger partial charge in [-0.2, -0.15) is 0 Å². The van der Waals surface area contributed by atoms with Crippen molar-refractivity contribution in [1.82, 2.24) is 10.6 Å². The summed E-state index contributed by atoms with van der Waals surface area (Å²) in [7, 11) is 0. The zero-order chi connectivity index (χ0) is 14.9. The van der Waals surface area contributed by atoms with Gasteiger partial charge in [-0.25, -0.2) is 0 Å². The van der Waals surface area contributed by atoms with Gasteiger partial charge in [0.25, 0.3) is 0 Å². The van der Waals surface area contributed by atoms with Gasteiger partial charge in [-0.05, 0) is 30.5 Å². The number of carbonyl (C=O) groups is 1. The standard InChI is InChI=1S/C17H27N3O/c18-15-9-7-14(8-10-15)13-17(21)20-12-11-19-16-5-3-1-2-4-6-16/h7-10,16,19H,1-6,11-13,18H2,(H,20,21). The zero-order valence-corrected chi connectivity index (χ0v) is 12.7.